The predicted molar refractivity (Wildman–Crippen MR) is 81.1 cm³/mol. The van der Waals surface area contributed by atoms with Crippen molar-refractivity contribution in [2.75, 3.05) is 33.5 Å². The van der Waals surface area contributed by atoms with Gasteiger partial charge in [0.2, 0.25) is 0 Å². The van der Waals surface area contributed by atoms with Gasteiger partial charge >= 0.3 is 0 Å². The van der Waals surface area contributed by atoms with Crippen LogP contribution in [0.25, 0.3) is 0 Å². The van der Waals surface area contributed by atoms with Crippen molar-refractivity contribution in [1.29, 1.82) is 0 Å². The van der Waals surface area contributed by atoms with Crippen molar-refractivity contribution in [2.24, 2.45) is 0 Å². The number of ether oxygens (including phenoxy) is 2. The minimum absolute atomic E-state index is 0.303. The van der Waals surface area contributed by atoms with Crippen molar-refractivity contribution >= 4 is 0 Å². The van der Waals surface area contributed by atoms with Gasteiger partial charge in [-0.3, -0.25) is 4.68 Å². The molecule has 0 aliphatic carbocycles. The Labute approximate surface area is 122 Å². The molecular weight excluding hydrogens is 254 g/mol. The van der Waals surface area contributed by atoms with Crippen LogP contribution in [0.4, 0.5) is 0 Å². The summed E-state index contributed by atoms with van der Waals surface area (Å²) in [5.41, 5.74) is 1.12. The van der Waals surface area contributed by atoms with Crippen LogP contribution in [0.1, 0.15) is 38.9 Å². The van der Waals surface area contributed by atoms with E-state index in [4.69, 9.17) is 9.47 Å². The molecule has 0 aromatic carbocycles. The molecule has 116 valence electrons. The number of nitrogens with one attached hydrogen (secondary N) is 1. The number of nitrogens with zero attached hydrogens (tertiary/aromatic N) is 2. The summed E-state index contributed by atoms with van der Waals surface area (Å²) in [5, 5.41) is 8.09. The van der Waals surface area contributed by atoms with Gasteiger partial charge in [-0.05, 0) is 26.0 Å². The van der Waals surface area contributed by atoms with Gasteiger partial charge in [-0.25, -0.2) is 0 Å². The first kappa shape index (κ1) is 17.1. The third kappa shape index (κ3) is 6.03. The lowest BCUT2D eigenvalue weighted by molar-refractivity contribution is 0.0588. The predicted octanol–water partition coefficient (Wildman–Crippen LogP) is 2.04. The fourth-order valence-electron chi connectivity index (χ4n) is 2.02. The highest BCUT2D eigenvalue weighted by Crippen LogP contribution is 2.10. The summed E-state index contributed by atoms with van der Waals surface area (Å²) in [7, 11) is 1.69. The van der Waals surface area contributed by atoms with Crippen molar-refractivity contribution in [1.82, 2.24) is 15.1 Å². The molecule has 0 saturated heterocycles. The van der Waals surface area contributed by atoms with Crippen LogP contribution < -0.4 is 5.32 Å². The van der Waals surface area contributed by atoms with Crippen molar-refractivity contribution in [2.45, 2.75) is 45.7 Å². The van der Waals surface area contributed by atoms with Crippen LogP contribution in [0.2, 0.25) is 0 Å². The lowest BCUT2D eigenvalue weighted by Crippen LogP contribution is -2.35. The van der Waals surface area contributed by atoms with Crippen LogP contribution in [0.5, 0.6) is 0 Å². The molecule has 1 N–H and O–H groups in total. The Bertz CT molecular complexity index is 355. The van der Waals surface area contributed by atoms with E-state index in [2.05, 4.69) is 43.4 Å². The van der Waals surface area contributed by atoms with E-state index in [1.54, 1.807) is 7.11 Å². The molecule has 0 aliphatic heterocycles. The number of aromatic nitrogens is 2. The maximum Gasteiger partial charge on any atom is 0.0701 e. The van der Waals surface area contributed by atoms with Gasteiger partial charge in [0, 0.05) is 31.8 Å². The topological polar surface area (TPSA) is 48.3 Å². The summed E-state index contributed by atoms with van der Waals surface area (Å²) in [6.45, 7) is 9.38. The number of methoxy groups -OCH3 is 1. The first-order valence-corrected chi connectivity index (χ1v) is 7.55. The zero-order chi connectivity index (χ0) is 14.8. The van der Waals surface area contributed by atoms with Crippen LogP contribution >= 0.6 is 0 Å². The molecule has 1 rings (SSSR count). The van der Waals surface area contributed by atoms with E-state index in [1.165, 1.54) is 0 Å². The van der Waals surface area contributed by atoms with Crippen molar-refractivity contribution < 1.29 is 9.47 Å². The normalized spacial score (nSPS) is 14.4. The molecule has 2 atom stereocenters. The fraction of sp³-hybridized carbons (Fsp3) is 0.800. The standard InChI is InChI=1S/C15H29N3O2/c1-5-13(3)18-8-7-14(17-18)11-15(16-6-2)12-20-10-9-19-4/h7-8,13,15-16H,5-6,9-12H2,1-4H3. The third-order valence-electron chi connectivity index (χ3n) is 3.41. The van der Waals surface area contributed by atoms with E-state index in [0.717, 1.165) is 25.1 Å². The molecule has 0 spiro atoms. The van der Waals surface area contributed by atoms with E-state index in [0.29, 0.717) is 31.9 Å². The zero-order valence-corrected chi connectivity index (χ0v) is 13.3. The Morgan fingerprint density at radius 2 is 2.15 bits per heavy atom. The first-order valence-electron chi connectivity index (χ1n) is 7.55. The summed E-state index contributed by atoms with van der Waals surface area (Å²) in [4.78, 5) is 0. The zero-order valence-electron chi connectivity index (χ0n) is 13.3. The van der Waals surface area contributed by atoms with Crippen LogP contribution in [-0.4, -0.2) is 49.3 Å². The third-order valence-corrected chi connectivity index (χ3v) is 3.41. The van der Waals surface area contributed by atoms with Crippen molar-refractivity contribution in [3.63, 3.8) is 0 Å². The summed E-state index contributed by atoms with van der Waals surface area (Å²) in [5.74, 6) is 0. The summed E-state index contributed by atoms with van der Waals surface area (Å²) in [6, 6.07) is 2.86. The fourth-order valence-corrected chi connectivity index (χ4v) is 2.02. The molecule has 20 heavy (non-hydrogen) atoms. The Hall–Kier alpha value is -0.910. The first-order chi connectivity index (χ1) is 9.71. The second-order valence-corrected chi connectivity index (χ2v) is 5.07. The summed E-state index contributed by atoms with van der Waals surface area (Å²) < 4.78 is 12.6. The molecule has 5 heteroatoms. The Balaban J connectivity index is 2.45. The second-order valence-electron chi connectivity index (χ2n) is 5.07. The molecule has 2 unspecified atom stereocenters. The number of hydrogen-bond donors (Lipinski definition) is 1. The van der Waals surface area contributed by atoms with E-state index < -0.39 is 0 Å². The Kier molecular flexibility index (Phi) is 8.49. The van der Waals surface area contributed by atoms with Crippen LogP contribution in [0.3, 0.4) is 0 Å². The molecular formula is C15H29N3O2. The maximum absolute atomic E-state index is 5.61. The highest BCUT2D eigenvalue weighted by Gasteiger charge is 2.12. The Morgan fingerprint density at radius 3 is 2.80 bits per heavy atom. The highest BCUT2D eigenvalue weighted by molar-refractivity contribution is 5.02. The molecule has 1 aromatic rings. The van der Waals surface area contributed by atoms with Gasteiger partial charge in [-0.2, -0.15) is 5.10 Å². The van der Waals surface area contributed by atoms with E-state index in [1.807, 2.05) is 4.68 Å². The molecule has 1 aromatic heterocycles. The lowest BCUT2D eigenvalue weighted by Gasteiger charge is -2.17. The minimum atomic E-state index is 0.303. The minimum Gasteiger partial charge on any atom is -0.382 e. The summed E-state index contributed by atoms with van der Waals surface area (Å²) >= 11 is 0. The number of likely N-dealkylation sites (N-methyl/N-ethyl adjacent to an activating group) is 1. The molecule has 0 aliphatic rings. The molecule has 1 heterocycles. The molecule has 0 radical (unpaired) electrons. The second kappa shape index (κ2) is 9.91. The van der Waals surface area contributed by atoms with Gasteiger partial charge in [0.25, 0.3) is 0 Å². The van der Waals surface area contributed by atoms with Crippen molar-refractivity contribution in [3.8, 4) is 0 Å². The van der Waals surface area contributed by atoms with Gasteiger partial charge in [0.05, 0.1) is 25.5 Å². The van der Waals surface area contributed by atoms with Crippen LogP contribution in [0, 0.1) is 0 Å². The van der Waals surface area contributed by atoms with Crippen molar-refractivity contribution in [3.05, 3.63) is 18.0 Å². The highest BCUT2D eigenvalue weighted by atomic mass is 16.5. The quantitative estimate of drug-likeness (QED) is 0.631. The molecule has 5 nitrogen and oxygen atoms in total. The average molecular weight is 283 g/mol. The molecule has 0 bridgehead atoms. The van der Waals surface area contributed by atoms with Gasteiger partial charge in [-0.1, -0.05) is 13.8 Å². The molecule has 0 amide bonds. The van der Waals surface area contributed by atoms with Gasteiger partial charge in [0.1, 0.15) is 0 Å². The van der Waals surface area contributed by atoms with Gasteiger partial charge in [0.15, 0.2) is 0 Å². The van der Waals surface area contributed by atoms with Crippen LogP contribution in [0.15, 0.2) is 12.3 Å². The van der Waals surface area contributed by atoms with E-state index in [9.17, 15) is 0 Å². The summed E-state index contributed by atoms with van der Waals surface area (Å²) in [6.07, 6.45) is 4.06. The maximum atomic E-state index is 5.61. The largest absolute Gasteiger partial charge is 0.382 e. The Morgan fingerprint density at radius 1 is 1.35 bits per heavy atom. The molecule has 0 saturated carbocycles. The lowest BCUT2D eigenvalue weighted by atomic mass is 10.1. The van der Waals surface area contributed by atoms with E-state index in [-0.39, 0.29) is 0 Å². The van der Waals surface area contributed by atoms with Gasteiger partial charge < -0.3 is 14.8 Å². The number of hydrogen-bond acceptors (Lipinski definition) is 4. The smallest absolute Gasteiger partial charge is 0.0701 e. The van der Waals surface area contributed by atoms with Crippen LogP contribution in [-0.2, 0) is 15.9 Å². The SMILES string of the molecule is CCNC(COCCOC)Cc1ccn(C(C)CC)n1. The molecule has 0 fully saturated rings. The monoisotopic (exact) mass is 283 g/mol. The average Bonchev–Trinajstić information content (AvgIpc) is 2.91. The van der Waals surface area contributed by atoms with Gasteiger partial charge in [-0.15, -0.1) is 0 Å². The number of rotatable bonds is 11. The van der Waals surface area contributed by atoms with E-state index >= 15 is 0 Å².